The van der Waals surface area contributed by atoms with Gasteiger partial charge in [-0.2, -0.15) is 13.2 Å². The number of unbranched alkanes of at least 4 members (excludes halogenated alkanes) is 1. The quantitative estimate of drug-likeness (QED) is 0.734. The van der Waals surface area contributed by atoms with Crippen LogP contribution in [-0.4, -0.2) is 38.2 Å². The van der Waals surface area contributed by atoms with Gasteiger partial charge in [0.05, 0.1) is 6.04 Å². The second-order valence-electron chi connectivity index (χ2n) is 8.52. The molecule has 1 aromatic rings. The Morgan fingerprint density at radius 3 is 2.24 bits per heavy atom. The average molecular weight is 416 g/mol. The Balaban J connectivity index is 1.55. The molecule has 0 N–H and O–H groups in total. The molecule has 164 valence electrons. The first-order chi connectivity index (χ1) is 13.7. The van der Waals surface area contributed by atoms with Crippen LogP contribution < -0.4 is 5.69 Å². The van der Waals surface area contributed by atoms with E-state index in [1.54, 1.807) is 0 Å². The van der Waals surface area contributed by atoms with Crippen LogP contribution in [0.1, 0.15) is 76.6 Å². The number of hydrogen-bond acceptors (Lipinski definition) is 3. The Bertz CT molecular complexity index is 755. The predicted molar refractivity (Wildman–Crippen MR) is 102 cm³/mol. The summed E-state index contributed by atoms with van der Waals surface area (Å²) in [6, 6.07) is -0.404. The first kappa shape index (κ1) is 21.9. The molecular formula is C20H31F3N4O2. The highest BCUT2D eigenvalue weighted by Gasteiger charge is 2.39. The maximum absolute atomic E-state index is 13.0. The van der Waals surface area contributed by atoms with E-state index in [0.717, 1.165) is 43.3 Å². The zero-order valence-corrected chi connectivity index (χ0v) is 17.2. The van der Waals surface area contributed by atoms with Crippen LogP contribution in [0.15, 0.2) is 4.79 Å². The van der Waals surface area contributed by atoms with Gasteiger partial charge in [-0.05, 0) is 44.4 Å². The largest absolute Gasteiger partial charge is 0.451 e. The van der Waals surface area contributed by atoms with Gasteiger partial charge in [0.1, 0.15) is 0 Å². The lowest BCUT2D eigenvalue weighted by Gasteiger charge is -2.36. The molecule has 0 radical (unpaired) electrons. The second kappa shape index (κ2) is 8.92. The molecular weight excluding hydrogens is 385 g/mol. The third kappa shape index (κ3) is 4.86. The van der Waals surface area contributed by atoms with E-state index >= 15 is 0 Å². The molecule has 1 aliphatic carbocycles. The summed E-state index contributed by atoms with van der Waals surface area (Å²) in [7, 11) is 1.09. The molecule has 0 unspecified atom stereocenters. The molecule has 2 fully saturated rings. The number of nitrogens with zero attached hydrogens (tertiary/aromatic N) is 4. The summed E-state index contributed by atoms with van der Waals surface area (Å²) in [5.41, 5.74) is -0.757. The van der Waals surface area contributed by atoms with E-state index in [1.165, 1.54) is 19.3 Å². The third-order valence-electron chi connectivity index (χ3n) is 6.54. The van der Waals surface area contributed by atoms with Gasteiger partial charge in [-0.3, -0.25) is 9.36 Å². The van der Waals surface area contributed by atoms with Crippen LogP contribution in [0.3, 0.4) is 0 Å². The molecule has 6 nitrogen and oxygen atoms in total. The Labute approximate surface area is 169 Å². The molecule has 0 aromatic carbocycles. The standard InChI is InChI=1S/C20H31F3N4O2/c1-3-4-5-14-6-8-15(9-7-14)17(28)26-12-10-16(11-13-26)27-19(29)25(2)18(24-27)20(21,22)23/h14-16H,3-13H2,1-2H3. The molecule has 1 saturated heterocycles. The predicted octanol–water partition coefficient (Wildman–Crippen LogP) is 3.76. The van der Waals surface area contributed by atoms with E-state index in [1.807, 2.05) is 4.90 Å². The van der Waals surface area contributed by atoms with Crippen molar-refractivity contribution in [1.29, 1.82) is 0 Å². The molecule has 2 aliphatic rings. The minimum atomic E-state index is -4.66. The van der Waals surface area contributed by atoms with Crippen molar-refractivity contribution >= 4 is 5.91 Å². The van der Waals surface area contributed by atoms with Gasteiger partial charge in [0.25, 0.3) is 0 Å². The van der Waals surface area contributed by atoms with E-state index in [0.29, 0.717) is 30.5 Å². The monoisotopic (exact) mass is 416 g/mol. The summed E-state index contributed by atoms with van der Waals surface area (Å²) in [4.78, 5) is 26.9. The van der Waals surface area contributed by atoms with Gasteiger partial charge in [-0.1, -0.05) is 26.2 Å². The summed E-state index contributed by atoms with van der Waals surface area (Å²) >= 11 is 0. The van der Waals surface area contributed by atoms with Crippen molar-refractivity contribution in [3.05, 3.63) is 16.3 Å². The van der Waals surface area contributed by atoms with Gasteiger partial charge in [0.15, 0.2) is 0 Å². The normalized spacial score (nSPS) is 24.1. The highest BCUT2D eigenvalue weighted by Crippen LogP contribution is 2.34. The Hall–Kier alpha value is -1.80. The number of piperidine rings is 1. The average Bonchev–Trinajstić information content (AvgIpc) is 3.01. The first-order valence-electron chi connectivity index (χ1n) is 10.7. The van der Waals surface area contributed by atoms with Gasteiger partial charge in [-0.25, -0.2) is 9.48 Å². The zero-order chi connectivity index (χ0) is 21.2. The van der Waals surface area contributed by atoms with E-state index in [4.69, 9.17) is 0 Å². The second-order valence-corrected chi connectivity index (χ2v) is 8.52. The van der Waals surface area contributed by atoms with Gasteiger partial charge >= 0.3 is 11.9 Å². The van der Waals surface area contributed by atoms with Gasteiger partial charge < -0.3 is 4.90 Å². The van der Waals surface area contributed by atoms with Crippen LogP contribution in [0, 0.1) is 11.8 Å². The molecule has 2 heterocycles. The number of alkyl halides is 3. The molecule has 1 amide bonds. The van der Waals surface area contributed by atoms with Crippen molar-refractivity contribution in [3.8, 4) is 0 Å². The van der Waals surface area contributed by atoms with Crippen molar-refractivity contribution in [1.82, 2.24) is 19.2 Å². The molecule has 0 atom stereocenters. The summed E-state index contributed by atoms with van der Waals surface area (Å²) in [5, 5.41) is 3.54. The first-order valence-corrected chi connectivity index (χ1v) is 10.7. The molecule has 1 aromatic heterocycles. The van der Waals surface area contributed by atoms with E-state index in [9.17, 15) is 22.8 Å². The summed E-state index contributed by atoms with van der Waals surface area (Å²) in [6.45, 7) is 3.12. The lowest BCUT2D eigenvalue weighted by molar-refractivity contribution is -0.147. The zero-order valence-electron chi connectivity index (χ0n) is 17.2. The lowest BCUT2D eigenvalue weighted by atomic mass is 9.79. The summed E-state index contributed by atoms with van der Waals surface area (Å²) in [6.07, 6.45) is 4.03. The molecule has 0 spiro atoms. The molecule has 29 heavy (non-hydrogen) atoms. The summed E-state index contributed by atoms with van der Waals surface area (Å²) < 4.78 is 40.5. The Morgan fingerprint density at radius 1 is 1.10 bits per heavy atom. The number of amides is 1. The van der Waals surface area contributed by atoms with Crippen LogP contribution in [0.25, 0.3) is 0 Å². The van der Waals surface area contributed by atoms with E-state index < -0.39 is 23.7 Å². The van der Waals surface area contributed by atoms with Crippen molar-refractivity contribution < 1.29 is 18.0 Å². The fourth-order valence-corrected chi connectivity index (χ4v) is 4.72. The highest BCUT2D eigenvalue weighted by molar-refractivity contribution is 5.79. The molecule has 1 saturated carbocycles. The number of halogens is 3. The number of aromatic nitrogens is 3. The maximum atomic E-state index is 13.0. The van der Waals surface area contributed by atoms with Crippen molar-refractivity contribution in [3.63, 3.8) is 0 Å². The number of carbonyl (C=O) groups excluding carboxylic acids is 1. The summed E-state index contributed by atoms with van der Waals surface area (Å²) in [5.74, 6) is -0.204. The minimum Gasteiger partial charge on any atom is -0.342 e. The van der Waals surface area contributed by atoms with Gasteiger partial charge in [0.2, 0.25) is 11.7 Å². The SMILES string of the molecule is CCCCC1CCC(C(=O)N2CCC(n3nc(C(F)(F)F)n(C)c3=O)CC2)CC1. The van der Waals surface area contributed by atoms with E-state index in [-0.39, 0.29) is 11.8 Å². The number of likely N-dealkylation sites (tertiary alicyclic amines) is 1. The molecule has 3 rings (SSSR count). The molecule has 1 aliphatic heterocycles. The van der Waals surface area contributed by atoms with Crippen LogP contribution >= 0.6 is 0 Å². The van der Waals surface area contributed by atoms with Gasteiger partial charge in [-0.15, -0.1) is 5.10 Å². The molecule has 0 bridgehead atoms. The number of carbonyl (C=O) groups is 1. The van der Waals surface area contributed by atoms with Crippen molar-refractivity contribution in [2.45, 2.75) is 76.9 Å². The van der Waals surface area contributed by atoms with Crippen molar-refractivity contribution in [2.24, 2.45) is 18.9 Å². The lowest BCUT2D eigenvalue weighted by Crippen LogP contribution is -2.44. The van der Waals surface area contributed by atoms with Crippen LogP contribution in [0.4, 0.5) is 13.2 Å². The number of rotatable bonds is 5. The highest BCUT2D eigenvalue weighted by atomic mass is 19.4. The fourth-order valence-electron chi connectivity index (χ4n) is 4.72. The maximum Gasteiger partial charge on any atom is 0.451 e. The van der Waals surface area contributed by atoms with Crippen LogP contribution in [-0.2, 0) is 18.0 Å². The Morgan fingerprint density at radius 2 is 1.72 bits per heavy atom. The van der Waals surface area contributed by atoms with Crippen LogP contribution in [0.2, 0.25) is 0 Å². The fraction of sp³-hybridized carbons (Fsp3) is 0.850. The smallest absolute Gasteiger partial charge is 0.342 e. The van der Waals surface area contributed by atoms with E-state index in [2.05, 4.69) is 12.0 Å². The Kier molecular flexibility index (Phi) is 6.73. The number of hydrogen-bond donors (Lipinski definition) is 0. The topological polar surface area (TPSA) is 60.1 Å². The van der Waals surface area contributed by atoms with Crippen molar-refractivity contribution in [2.75, 3.05) is 13.1 Å². The van der Waals surface area contributed by atoms with Gasteiger partial charge in [0, 0.05) is 26.1 Å². The third-order valence-corrected chi connectivity index (χ3v) is 6.54. The molecule has 9 heteroatoms. The minimum absolute atomic E-state index is 0.0684. The van der Waals surface area contributed by atoms with Crippen LogP contribution in [0.5, 0.6) is 0 Å².